The number of likely N-dealkylation sites (N-methyl/N-ethyl adjacent to an activating group) is 1. The lowest BCUT2D eigenvalue weighted by Gasteiger charge is -2.19. The molecule has 2 aromatic heterocycles. The molecule has 38 heavy (non-hydrogen) atoms. The second kappa shape index (κ2) is 10.7. The summed E-state index contributed by atoms with van der Waals surface area (Å²) in [6, 6.07) is 7.11. The van der Waals surface area contributed by atoms with Crippen molar-refractivity contribution in [2.45, 2.75) is 64.3 Å². The number of nitrogens with two attached hydrogens (primary N) is 1. The Morgan fingerprint density at radius 1 is 1.16 bits per heavy atom. The molecule has 0 saturated carbocycles. The van der Waals surface area contributed by atoms with Gasteiger partial charge in [0, 0.05) is 12.1 Å². The van der Waals surface area contributed by atoms with Crippen LogP contribution in [-0.4, -0.2) is 72.1 Å². The minimum Gasteiger partial charge on any atom is -0.460 e. The highest BCUT2D eigenvalue weighted by atomic mass is 16.6. The summed E-state index contributed by atoms with van der Waals surface area (Å²) < 4.78 is 12.4. The number of amides is 1. The lowest BCUT2D eigenvalue weighted by Crippen LogP contribution is -2.42. The predicted molar refractivity (Wildman–Crippen MR) is 136 cm³/mol. The Labute approximate surface area is 219 Å². The van der Waals surface area contributed by atoms with E-state index >= 15 is 0 Å². The fourth-order valence-electron chi connectivity index (χ4n) is 3.94. The summed E-state index contributed by atoms with van der Waals surface area (Å²) in [6.45, 7) is 7.53. The summed E-state index contributed by atoms with van der Waals surface area (Å²) in [5.41, 5.74) is 7.46. The number of aromatic nitrogens is 4. The molecule has 1 aromatic carbocycles. The number of hydrogen-bond acceptors (Lipinski definition) is 10. The molecule has 3 heterocycles. The number of carbonyl (C=O) groups is 2. The summed E-state index contributed by atoms with van der Waals surface area (Å²) in [4.78, 5) is 37.1. The highest BCUT2D eigenvalue weighted by molar-refractivity contribution is 5.83. The predicted octanol–water partition coefficient (Wildman–Crippen LogP) is 0.448. The lowest BCUT2D eigenvalue weighted by molar-refractivity contribution is -0.153. The molecular formula is C26H30N6O6. The number of hydrogen-bond donors (Lipinski definition) is 4. The smallest absolute Gasteiger partial charge is 0.310 e. The van der Waals surface area contributed by atoms with Gasteiger partial charge in [0.05, 0.1) is 12.7 Å². The van der Waals surface area contributed by atoms with Gasteiger partial charge in [-0.05, 0) is 51.3 Å². The number of esters is 1. The molecule has 0 bridgehead atoms. The number of benzene rings is 1. The third-order valence-electron chi connectivity index (χ3n) is 5.61. The first-order chi connectivity index (χ1) is 18.0. The highest BCUT2D eigenvalue weighted by Gasteiger charge is 2.47. The summed E-state index contributed by atoms with van der Waals surface area (Å²) in [7, 11) is 0. The molecule has 1 aliphatic rings. The van der Waals surface area contributed by atoms with Crippen molar-refractivity contribution in [3.05, 3.63) is 47.5 Å². The first kappa shape index (κ1) is 27.0. The molecule has 1 saturated heterocycles. The molecule has 4 atom stereocenters. The first-order valence-corrected chi connectivity index (χ1v) is 12.1. The van der Waals surface area contributed by atoms with E-state index in [0.29, 0.717) is 12.1 Å². The number of nitrogens with zero attached hydrogens (tertiary/aromatic N) is 4. The molecule has 1 aliphatic heterocycles. The van der Waals surface area contributed by atoms with Crippen LogP contribution in [0.25, 0.3) is 11.2 Å². The van der Waals surface area contributed by atoms with Gasteiger partial charge < -0.3 is 30.7 Å². The van der Waals surface area contributed by atoms with E-state index < -0.39 is 36.0 Å². The Balaban J connectivity index is 1.55. The molecule has 1 unspecified atom stereocenters. The molecule has 5 N–H and O–H groups in total. The van der Waals surface area contributed by atoms with Crippen LogP contribution < -0.4 is 11.1 Å². The van der Waals surface area contributed by atoms with Gasteiger partial charge in [0.15, 0.2) is 23.8 Å². The van der Waals surface area contributed by atoms with Crippen molar-refractivity contribution < 1.29 is 29.3 Å². The summed E-state index contributed by atoms with van der Waals surface area (Å²) in [5.74, 6) is 5.13. The van der Waals surface area contributed by atoms with E-state index in [1.165, 1.54) is 10.9 Å². The Morgan fingerprint density at radius 3 is 2.53 bits per heavy atom. The summed E-state index contributed by atoms with van der Waals surface area (Å²) >= 11 is 0. The van der Waals surface area contributed by atoms with Crippen LogP contribution in [0.5, 0.6) is 0 Å². The number of nitrogens with one attached hydrogen (secondary N) is 1. The Kier molecular flexibility index (Phi) is 7.63. The van der Waals surface area contributed by atoms with Gasteiger partial charge in [-0.2, -0.15) is 0 Å². The average molecular weight is 523 g/mol. The van der Waals surface area contributed by atoms with Crippen molar-refractivity contribution in [3.8, 4) is 11.8 Å². The maximum atomic E-state index is 12.2. The van der Waals surface area contributed by atoms with Gasteiger partial charge in [-0.3, -0.25) is 14.2 Å². The molecule has 1 fully saturated rings. The van der Waals surface area contributed by atoms with E-state index in [-0.39, 0.29) is 35.2 Å². The van der Waals surface area contributed by atoms with Gasteiger partial charge in [-0.1, -0.05) is 18.1 Å². The maximum Gasteiger partial charge on any atom is 0.310 e. The van der Waals surface area contributed by atoms with Crippen molar-refractivity contribution in [1.82, 2.24) is 24.8 Å². The molecule has 12 nitrogen and oxygen atoms in total. The van der Waals surface area contributed by atoms with E-state index in [0.717, 1.165) is 5.56 Å². The number of aliphatic hydroxyl groups excluding tert-OH is 2. The Hall–Kier alpha value is -4.05. The van der Waals surface area contributed by atoms with Gasteiger partial charge in [0.2, 0.25) is 5.82 Å². The average Bonchev–Trinajstić information content (AvgIpc) is 3.39. The topological polar surface area (TPSA) is 175 Å². The molecule has 0 aliphatic carbocycles. The van der Waals surface area contributed by atoms with Crippen LogP contribution in [0.4, 0.5) is 5.82 Å². The number of fused-ring (bicyclic) bond motifs is 1. The summed E-state index contributed by atoms with van der Waals surface area (Å²) in [5, 5.41) is 23.5. The Morgan fingerprint density at radius 2 is 1.87 bits per heavy atom. The van der Waals surface area contributed by atoms with Crippen LogP contribution >= 0.6 is 0 Å². The number of nitrogen functional groups attached to an aromatic ring is 1. The van der Waals surface area contributed by atoms with Crippen molar-refractivity contribution in [2.24, 2.45) is 0 Å². The second-order valence-corrected chi connectivity index (χ2v) is 9.79. The molecule has 200 valence electrons. The largest absolute Gasteiger partial charge is 0.460 e. The fraction of sp³-hybridized carbons (Fsp3) is 0.423. The third-order valence-corrected chi connectivity index (χ3v) is 5.61. The van der Waals surface area contributed by atoms with Gasteiger partial charge in [-0.25, -0.2) is 15.0 Å². The molecule has 0 spiro atoms. The van der Waals surface area contributed by atoms with Crippen LogP contribution in [0.2, 0.25) is 0 Å². The van der Waals surface area contributed by atoms with E-state index in [9.17, 15) is 19.8 Å². The quantitative estimate of drug-likeness (QED) is 0.272. The monoisotopic (exact) mass is 522 g/mol. The van der Waals surface area contributed by atoms with E-state index in [1.54, 1.807) is 31.2 Å². The normalized spacial score (nSPS) is 21.1. The number of imidazole rings is 1. The molecule has 3 aromatic rings. The van der Waals surface area contributed by atoms with Crippen molar-refractivity contribution >= 4 is 28.9 Å². The van der Waals surface area contributed by atoms with E-state index in [1.807, 2.05) is 20.8 Å². The lowest BCUT2D eigenvalue weighted by atomic mass is 10.1. The van der Waals surface area contributed by atoms with Crippen LogP contribution in [-0.2, 0) is 25.5 Å². The van der Waals surface area contributed by atoms with Gasteiger partial charge in [-0.15, -0.1) is 0 Å². The van der Waals surface area contributed by atoms with Crippen molar-refractivity contribution in [1.29, 1.82) is 0 Å². The van der Waals surface area contributed by atoms with Gasteiger partial charge >= 0.3 is 5.97 Å². The van der Waals surface area contributed by atoms with Gasteiger partial charge in [0.25, 0.3) is 5.91 Å². The SMILES string of the molecule is CCNC(=O)[C@H]1OC(n2cnc3c(N)nc(C#Cc4ccc(CC(=O)OC(C)(C)C)cc4)nc32)[C@H](O)[C@@H]1O. The molecular weight excluding hydrogens is 492 g/mol. The number of rotatable bonds is 5. The van der Waals surface area contributed by atoms with Crippen molar-refractivity contribution in [3.63, 3.8) is 0 Å². The van der Waals surface area contributed by atoms with Crippen LogP contribution in [0, 0.1) is 11.8 Å². The molecule has 1 amide bonds. The maximum absolute atomic E-state index is 12.2. The van der Waals surface area contributed by atoms with E-state index in [4.69, 9.17) is 15.2 Å². The van der Waals surface area contributed by atoms with Crippen LogP contribution in [0.1, 0.15) is 50.9 Å². The number of ether oxygens (including phenoxy) is 2. The minimum atomic E-state index is -1.44. The fourth-order valence-corrected chi connectivity index (χ4v) is 3.94. The summed E-state index contributed by atoms with van der Waals surface area (Å²) in [6.07, 6.45) is -3.75. The number of carbonyl (C=O) groups excluding carboxylic acids is 2. The first-order valence-electron chi connectivity index (χ1n) is 12.1. The zero-order valence-electron chi connectivity index (χ0n) is 21.5. The second-order valence-electron chi connectivity index (χ2n) is 9.79. The number of aliphatic hydroxyl groups is 2. The highest BCUT2D eigenvalue weighted by Crippen LogP contribution is 2.32. The van der Waals surface area contributed by atoms with Crippen LogP contribution in [0.3, 0.4) is 0 Å². The minimum absolute atomic E-state index is 0.0686. The standard InChI is InChI=1S/C26H30N6O6/c1-5-28-24(36)21-19(34)20(35)25(37-21)32-13-29-18-22(27)30-16(31-23(18)32)11-10-14-6-8-15(9-7-14)12-17(33)38-26(2,3)4/h6-9,13,19-21,25,34-35H,5,12H2,1-4H3,(H,28,36)(H2,27,30,31)/t19-,20+,21-,25?/m0/s1. The zero-order chi connectivity index (χ0) is 27.6. The Bertz CT molecular complexity index is 1400. The van der Waals surface area contributed by atoms with Crippen LogP contribution in [0.15, 0.2) is 30.6 Å². The zero-order valence-corrected chi connectivity index (χ0v) is 21.5. The van der Waals surface area contributed by atoms with Gasteiger partial charge in [0.1, 0.15) is 23.3 Å². The van der Waals surface area contributed by atoms with E-state index in [2.05, 4.69) is 32.1 Å². The molecule has 0 radical (unpaired) electrons. The molecule has 12 heteroatoms. The molecule has 4 rings (SSSR count). The number of anilines is 1. The van der Waals surface area contributed by atoms with Crippen molar-refractivity contribution in [2.75, 3.05) is 12.3 Å². The third kappa shape index (κ3) is 5.91.